The molecule has 2 rings (SSSR count). The van der Waals surface area contributed by atoms with Gasteiger partial charge in [-0.1, -0.05) is 17.7 Å². The van der Waals surface area contributed by atoms with Gasteiger partial charge in [0.05, 0.1) is 0 Å². The molecule has 1 aromatic rings. The Morgan fingerprint density at radius 1 is 1.28 bits per heavy atom. The van der Waals surface area contributed by atoms with Gasteiger partial charge < -0.3 is 15.1 Å². The molecule has 6 heteroatoms. The van der Waals surface area contributed by atoms with Gasteiger partial charge in [-0.25, -0.2) is 4.79 Å². The van der Waals surface area contributed by atoms with Gasteiger partial charge in [-0.2, -0.15) is 0 Å². The number of urea groups is 1. The Morgan fingerprint density at radius 2 is 2.00 bits per heavy atom. The predicted octanol–water partition coefficient (Wildman–Crippen LogP) is 1.65. The van der Waals surface area contributed by atoms with Gasteiger partial charge in [0.15, 0.2) is 0 Å². The number of nitrogens with one attached hydrogen (secondary N) is 1. The van der Waals surface area contributed by atoms with Gasteiger partial charge in [0, 0.05) is 36.9 Å². The normalized spacial score (nSPS) is 15.4. The summed E-state index contributed by atoms with van der Waals surface area (Å²) in [7, 11) is 0. The second kappa shape index (κ2) is 5.73. The maximum Gasteiger partial charge on any atom is 0.321 e. The summed E-state index contributed by atoms with van der Waals surface area (Å²) >= 11 is 5.84. The highest BCUT2D eigenvalue weighted by Crippen LogP contribution is 2.15. The summed E-state index contributed by atoms with van der Waals surface area (Å²) in [6.07, 6.45) is 0.812. The summed E-state index contributed by atoms with van der Waals surface area (Å²) in [6.45, 7) is 2.25. The molecular weight excluding hydrogens is 254 g/mol. The molecule has 0 saturated carbocycles. The molecule has 0 aliphatic carbocycles. The first kappa shape index (κ1) is 12.7. The van der Waals surface area contributed by atoms with Crippen molar-refractivity contribution in [3.05, 3.63) is 29.3 Å². The fourth-order valence-corrected chi connectivity index (χ4v) is 1.99. The quantitative estimate of drug-likeness (QED) is 0.829. The Balaban J connectivity index is 1.91. The number of amides is 3. The topological polar surface area (TPSA) is 52.7 Å². The van der Waals surface area contributed by atoms with Crippen molar-refractivity contribution in [3.8, 4) is 0 Å². The lowest BCUT2D eigenvalue weighted by molar-refractivity contribution is -0.119. The molecule has 1 N–H and O–H groups in total. The zero-order chi connectivity index (χ0) is 13.0. The van der Waals surface area contributed by atoms with E-state index in [1.807, 2.05) is 0 Å². The number of halogens is 1. The highest BCUT2D eigenvalue weighted by molar-refractivity contribution is 6.30. The highest BCUT2D eigenvalue weighted by atomic mass is 35.5. The number of hydrogen-bond acceptors (Lipinski definition) is 2. The lowest BCUT2D eigenvalue weighted by Crippen LogP contribution is -2.49. The third-order valence-corrected chi connectivity index (χ3v) is 3.06. The van der Waals surface area contributed by atoms with Crippen LogP contribution in [0.15, 0.2) is 24.3 Å². The van der Waals surface area contributed by atoms with E-state index in [1.54, 1.807) is 34.1 Å². The second-order valence-corrected chi connectivity index (χ2v) is 4.51. The van der Waals surface area contributed by atoms with E-state index in [0.717, 1.165) is 6.41 Å². The molecule has 0 bridgehead atoms. The van der Waals surface area contributed by atoms with Crippen molar-refractivity contribution in [2.75, 3.05) is 31.5 Å². The molecule has 1 aliphatic rings. The minimum atomic E-state index is -0.164. The van der Waals surface area contributed by atoms with E-state index in [-0.39, 0.29) is 6.03 Å². The van der Waals surface area contributed by atoms with Crippen LogP contribution >= 0.6 is 11.6 Å². The largest absolute Gasteiger partial charge is 0.342 e. The van der Waals surface area contributed by atoms with Crippen molar-refractivity contribution >= 4 is 29.7 Å². The molecular formula is C12H14ClN3O2. The van der Waals surface area contributed by atoms with E-state index in [2.05, 4.69) is 5.32 Å². The molecule has 0 spiro atoms. The number of nitrogens with zero attached hydrogens (tertiary/aromatic N) is 2. The average Bonchev–Trinajstić information content (AvgIpc) is 2.39. The molecule has 0 atom stereocenters. The maximum absolute atomic E-state index is 11.9. The van der Waals surface area contributed by atoms with Crippen molar-refractivity contribution in [2.45, 2.75) is 0 Å². The number of rotatable bonds is 2. The molecule has 3 amide bonds. The fraction of sp³-hybridized carbons (Fsp3) is 0.333. The zero-order valence-electron chi connectivity index (χ0n) is 9.80. The third-order valence-electron chi connectivity index (χ3n) is 2.83. The molecule has 1 aliphatic heterocycles. The number of hydrogen-bond donors (Lipinski definition) is 1. The van der Waals surface area contributed by atoms with Gasteiger partial charge in [0.2, 0.25) is 6.41 Å². The monoisotopic (exact) mass is 267 g/mol. The van der Waals surface area contributed by atoms with Crippen molar-refractivity contribution in [1.29, 1.82) is 0 Å². The Kier molecular flexibility index (Phi) is 4.04. The first-order chi connectivity index (χ1) is 8.69. The minimum Gasteiger partial charge on any atom is -0.342 e. The van der Waals surface area contributed by atoms with E-state index in [0.29, 0.717) is 36.9 Å². The smallest absolute Gasteiger partial charge is 0.321 e. The van der Waals surface area contributed by atoms with Gasteiger partial charge in [-0.3, -0.25) is 4.79 Å². The van der Waals surface area contributed by atoms with Gasteiger partial charge in [-0.15, -0.1) is 0 Å². The predicted molar refractivity (Wildman–Crippen MR) is 69.7 cm³/mol. The van der Waals surface area contributed by atoms with Crippen LogP contribution in [-0.2, 0) is 4.79 Å². The van der Waals surface area contributed by atoms with Crippen LogP contribution in [0.4, 0.5) is 10.5 Å². The maximum atomic E-state index is 11.9. The van der Waals surface area contributed by atoms with E-state index in [9.17, 15) is 9.59 Å². The molecule has 5 nitrogen and oxygen atoms in total. The van der Waals surface area contributed by atoms with Crippen LogP contribution in [0.25, 0.3) is 0 Å². The van der Waals surface area contributed by atoms with Crippen LogP contribution in [-0.4, -0.2) is 48.4 Å². The van der Waals surface area contributed by atoms with Crippen LogP contribution in [0.2, 0.25) is 5.02 Å². The van der Waals surface area contributed by atoms with Crippen molar-refractivity contribution in [1.82, 2.24) is 9.80 Å². The molecule has 0 aromatic heterocycles. The Bertz CT molecular complexity index is 445. The lowest BCUT2D eigenvalue weighted by atomic mass is 10.3. The number of carbonyl (C=O) groups excluding carboxylic acids is 2. The van der Waals surface area contributed by atoms with Gasteiger partial charge in [0.1, 0.15) is 0 Å². The van der Waals surface area contributed by atoms with Crippen LogP contribution in [0, 0.1) is 0 Å². The average molecular weight is 268 g/mol. The van der Waals surface area contributed by atoms with Crippen LogP contribution in [0.1, 0.15) is 0 Å². The molecule has 1 heterocycles. The van der Waals surface area contributed by atoms with Gasteiger partial charge in [-0.05, 0) is 18.2 Å². The zero-order valence-corrected chi connectivity index (χ0v) is 10.6. The summed E-state index contributed by atoms with van der Waals surface area (Å²) in [5.74, 6) is 0. The summed E-state index contributed by atoms with van der Waals surface area (Å²) in [6, 6.07) is 6.84. The standard InChI is InChI=1S/C12H14ClN3O2/c13-10-2-1-3-11(8-10)14-12(18)16-6-4-15(9-17)5-7-16/h1-3,8-9H,4-7H2,(H,14,18). The lowest BCUT2D eigenvalue weighted by Gasteiger charge is -2.32. The van der Waals surface area contributed by atoms with Crippen molar-refractivity contribution in [3.63, 3.8) is 0 Å². The molecule has 18 heavy (non-hydrogen) atoms. The van der Waals surface area contributed by atoms with E-state index in [1.165, 1.54) is 0 Å². The number of piperazine rings is 1. The number of benzene rings is 1. The summed E-state index contributed by atoms with van der Waals surface area (Å²) in [4.78, 5) is 25.8. The Morgan fingerprint density at radius 3 is 2.61 bits per heavy atom. The van der Waals surface area contributed by atoms with Crippen LogP contribution < -0.4 is 5.32 Å². The molecule has 1 fully saturated rings. The second-order valence-electron chi connectivity index (χ2n) is 4.07. The number of anilines is 1. The Hall–Kier alpha value is -1.75. The SMILES string of the molecule is O=CN1CCN(C(=O)Nc2cccc(Cl)c2)CC1. The summed E-state index contributed by atoms with van der Waals surface area (Å²) < 4.78 is 0. The van der Waals surface area contributed by atoms with Crippen LogP contribution in [0.5, 0.6) is 0 Å². The van der Waals surface area contributed by atoms with Crippen molar-refractivity contribution < 1.29 is 9.59 Å². The number of carbonyl (C=O) groups is 2. The minimum absolute atomic E-state index is 0.164. The van der Waals surface area contributed by atoms with E-state index < -0.39 is 0 Å². The Labute approximate surface area is 110 Å². The molecule has 0 unspecified atom stereocenters. The fourth-order valence-electron chi connectivity index (χ4n) is 1.80. The van der Waals surface area contributed by atoms with E-state index in [4.69, 9.17) is 11.6 Å². The molecule has 1 saturated heterocycles. The molecule has 96 valence electrons. The van der Waals surface area contributed by atoms with E-state index >= 15 is 0 Å². The summed E-state index contributed by atoms with van der Waals surface area (Å²) in [5.41, 5.74) is 0.672. The highest BCUT2D eigenvalue weighted by Gasteiger charge is 2.19. The molecule has 0 radical (unpaired) electrons. The first-order valence-corrected chi connectivity index (χ1v) is 6.07. The third kappa shape index (κ3) is 3.13. The summed E-state index contributed by atoms with van der Waals surface area (Å²) in [5, 5.41) is 3.36. The van der Waals surface area contributed by atoms with Crippen molar-refractivity contribution in [2.24, 2.45) is 0 Å². The first-order valence-electron chi connectivity index (χ1n) is 5.70. The van der Waals surface area contributed by atoms with Gasteiger partial charge >= 0.3 is 6.03 Å². The van der Waals surface area contributed by atoms with Gasteiger partial charge in [0.25, 0.3) is 0 Å². The molecule has 1 aromatic carbocycles. The van der Waals surface area contributed by atoms with Crippen LogP contribution in [0.3, 0.4) is 0 Å².